The quantitative estimate of drug-likeness (QED) is 0.332. The number of likely N-dealkylation sites (N-methyl/N-ethyl adjacent to an activating group) is 1. The SMILES string of the molecule is C#CCO[C@H](C)[C@H](NC(=O)[C@H](C)NC)C(=O)N1CC[C@@H]2[C@H]1[C@@H](OC(=O)Nc1ccccc1)CN2C(=O)OCc1ccccc1. The lowest BCUT2D eigenvalue weighted by Gasteiger charge is -2.33. The van der Waals surface area contributed by atoms with Gasteiger partial charge in [0.05, 0.1) is 30.8 Å². The van der Waals surface area contributed by atoms with E-state index in [-0.39, 0.29) is 26.3 Å². The van der Waals surface area contributed by atoms with Gasteiger partial charge in [0, 0.05) is 12.2 Å². The Kier molecular flexibility index (Phi) is 11.2. The van der Waals surface area contributed by atoms with E-state index in [0.29, 0.717) is 12.1 Å². The molecule has 2 aliphatic heterocycles. The number of terminal acetylenes is 1. The van der Waals surface area contributed by atoms with Crippen LogP contribution in [0.1, 0.15) is 25.8 Å². The maximum Gasteiger partial charge on any atom is 0.412 e. The fraction of sp³-hybridized carbons (Fsp3) is 0.438. The van der Waals surface area contributed by atoms with E-state index in [4.69, 9.17) is 20.6 Å². The van der Waals surface area contributed by atoms with Crippen LogP contribution in [0.5, 0.6) is 0 Å². The molecule has 2 fully saturated rings. The molecule has 0 aromatic heterocycles. The van der Waals surface area contributed by atoms with Gasteiger partial charge in [0.25, 0.3) is 0 Å². The Morgan fingerprint density at radius 2 is 1.70 bits per heavy atom. The third-order valence-electron chi connectivity index (χ3n) is 7.87. The predicted octanol–water partition coefficient (Wildman–Crippen LogP) is 2.36. The topological polar surface area (TPSA) is 139 Å². The second kappa shape index (κ2) is 15.2. The van der Waals surface area contributed by atoms with Gasteiger partial charge in [-0.1, -0.05) is 54.5 Å². The van der Waals surface area contributed by atoms with Crippen molar-refractivity contribution in [2.24, 2.45) is 0 Å². The Bertz CT molecular complexity index is 1340. The number of benzene rings is 2. The largest absolute Gasteiger partial charge is 0.445 e. The van der Waals surface area contributed by atoms with E-state index < -0.39 is 60.4 Å². The summed E-state index contributed by atoms with van der Waals surface area (Å²) in [6.07, 6.45) is 2.86. The van der Waals surface area contributed by atoms with Crippen LogP contribution in [0, 0.1) is 12.3 Å². The lowest BCUT2D eigenvalue weighted by molar-refractivity contribution is -0.142. The summed E-state index contributed by atoms with van der Waals surface area (Å²) in [5.74, 6) is 1.55. The lowest BCUT2D eigenvalue weighted by Crippen LogP contribution is -2.59. The van der Waals surface area contributed by atoms with Gasteiger partial charge in [-0.2, -0.15) is 0 Å². The second-order valence-corrected chi connectivity index (χ2v) is 10.7. The minimum atomic E-state index is -1.08. The van der Waals surface area contributed by atoms with E-state index in [1.54, 1.807) is 50.1 Å². The molecule has 4 rings (SSSR count). The third-order valence-corrected chi connectivity index (χ3v) is 7.87. The predicted molar refractivity (Wildman–Crippen MR) is 162 cm³/mol. The van der Waals surface area contributed by atoms with Gasteiger partial charge in [0.2, 0.25) is 11.8 Å². The van der Waals surface area contributed by atoms with Crippen LogP contribution in [0.25, 0.3) is 0 Å². The number of rotatable bonds is 11. The van der Waals surface area contributed by atoms with Crippen LogP contribution >= 0.6 is 0 Å². The van der Waals surface area contributed by atoms with Crippen LogP contribution < -0.4 is 16.0 Å². The van der Waals surface area contributed by atoms with Crippen LogP contribution in [0.15, 0.2) is 60.7 Å². The van der Waals surface area contributed by atoms with Crippen molar-refractivity contribution < 1.29 is 33.4 Å². The first-order valence-corrected chi connectivity index (χ1v) is 14.6. The van der Waals surface area contributed by atoms with Crippen molar-refractivity contribution in [2.45, 2.75) is 63.3 Å². The van der Waals surface area contributed by atoms with E-state index in [1.807, 2.05) is 36.4 Å². The molecule has 2 aliphatic rings. The molecule has 0 bridgehead atoms. The average Bonchev–Trinajstić information content (AvgIpc) is 3.62. The van der Waals surface area contributed by atoms with Crippen LogP contribution in [0.3, 0.4) is 0 Å². The standard InChI is InChI=1S/C32H39N5O7/c1-5-18-42-22(3)27(35-29(38)21(2)33-4)30(39)36-17-16-25-28(36)26(44-31(40)34-24-14-10-7-11-15-24)19-37(25)32(41)43-20-23-12-8-6-9-13-23/h1,6-15,21-22,25-28,33H,16-20H2,2-4H3,(H,34,40)(H,35,38)/t21-,22+,25+,26-,27-,28-/m0/s1. The number of para-hydroxylation sites is 1. The van der Waals surface area contributed by atoms with Gasteiger partial charge in [-0.15, -0.1) is 6.42 Å². The third kappa shape index (κ3) is 7.86. The van der Waals surface area contributed by atoms with Crippen LogP contribution in [-0.2, 0) is 30.4 Å². The van der Waals surface area contributed by atoms with Crippen molar-refractivity contribution in [3.63, 3.8) is 0 Å². The van der Waals surface area contributed by atoms with Crippen LogP contribution in [-0.4, -0.2) is 96.9 Å². The molecule has 2 aromatic rings. The van der Waals surface area contributed by atoms with Gasteiger partial charge in [-0.3, -0.25) is 19.8 Å². The highest BCUT2D eigenvalue weighted by atomic mass is 16.6. The summed E-state index contributed by atoms with van der Waals surface area (Å²) in [4.78, 5) is 56.3. The maximum atomic E-state index is 14.1. The molecule has 12 nitrogen and oxygen atoms in total. The molecule has 2 aromatic carbocycles. The second-order valence-electron chi connectivity index (χ2n) is 10.7. The van der Waals surface area contributed by atoms with Crippen molar-refractivity contribution >= 4 is 29.7 Å². The molecule has 3 N–H and O–H groups in total. The number of hydrogen-bond acceptors (Lipinski definition) is 8. The van der Waals surface area contributed by atoms with E-state index in [1.165, 1.54) is 4.90 Å². The van der Waals surface area contributed by atoms with Gasteiger partial charge in [0.15, 0.2) is 0 Å². The Labute approximate surface area is 257 Å². The first kappa shape index (κ1) is 32.3. The van der Waals surface area contributed by atoms with Crippen molar-refractivity contribution in [3.05, 3.63) is 66.2 Å². The molecular weight excluding hydrogens is 566 g/mol. The first-order chi connectivity index (χ1) is 21.2. The molecule has 0 aliphatic carbocycles. The molecular formula is C32H39N5O7. The van der Waals surface area contributed by atoms with Crippen molar-refractivity contribution in [3.8, 4) is 12.3 Å². The molecule has 0 radical (unpaired) electrons. The highest BCUT2D eigenvalue weighted by Crippen LogP contribution is 2.35. The van der Waals surface area contributed by atoms with E-state index in [9.17, 15) is 19.2 Å². The zero-order chi connectivity index (χ0) is 31.6. The molecule has 0 saturated carbocycles. The summed E-state index contributed by atoms with van der Waals surface area (Å²) in [6, 6.07) is 15.3. The van der Waals surface area contributed by atoms with Crippen molar-refractivity contribution in [2.75, 3.05) is 32.1 Å². The normalized spacial score (nSPS) is 20.9. The maximum absolute atomic E-state index is 14.1. The Hall–Kier alpha value is -4.60. The number of anilines is 1. The smallest absolute Gasteiger partial charge is 0.412 e. The summed E-state index contributed by atoms with van der Waals surface area (Å²) in [7, 11) is 1.64. The van der Waals surface area contributed by atoms with Gasteiger partial charge < -0.3 is 29.7 Å². The minimum Gasteiger partial charge on any atom is -0.445 e. The van der Waals surface area contributed by atoms with E-state index >= 15 is 0 Å². The number of amides is 4. The molecule has 44 heavy (non-hydrogen) atoms. The zero-order valence-electron chi connectivity index (χ0n) is 25.1. The molecule has 2 heterocycles. The number of carbonyl (C=O) groups is 4. The molecule has 12 heteroatoms. The number of nitrogens with one attached hydrogen (secondary N) is 3. The molecule has 0 spiro atoms. The van der Waals surface area contributed by atoms with Gasteiger partial charge in [-0.05, 0) is 45.0 Å². The molecule has 4 amide bonds. The summed E-state index contributed by atoms with van der Waals surface area (Å²) in [5, 5.41) is 8.33. The molecule has 0 unspecified atom stereocenters. The number of ether oxygens (including phenoxy) is 3. The van der Waals surface area contributed by atoms with E-state index in [0.717, 1.165) is 5.56 Å². The fourth-order valence-corrected chi connectivity index (χ4v) is 5.45. The summed E-state index contributed by atoms with van der Waals surface area (Å²) >= 11 is 0. The van der Waals surface area contributed by atoms with Crippen molar-refractivity contribution in [1.82, 2.24) is 20.4 Å². The highest BCUT2D eigenvalue weighted by molar-refractivity contribution is 5.91. The Morgan fingerprint density at radius 1 is 1.02 bits per heavy atom. The Morgan fingerprint density at radius 3 is 2.36 bits per heavy atom. The molecule has 2 saturated heterocycles. The average molecular weight is 606 g/mol. The van der Waals surface area contributed by atoms with Gasteiger partial charge in [0.1, 0.15) is 25.4 Å². The zero-order valence-corrected chi connectivity index (χ0v) is 25.1. The van der Waals surface area contributed by atoms with E-state index in [2.05, 4.69) is 21.9 Å². The van der Waals surface area contributed by atoms with Crippen LogP contribution in [0.2, 0.25) is 0 Å². The van der Waals surface area contributed by atoms with Crippen molar-refractivity contribution in [1.29, 1.82) is 0 Å². The monoisotopic (exact) mass is 605 g/mol. The fourth-order valence-electron chi connectivity index (χ4n) is 5.45. The highest BCUT2D eigenvalue weighted by Gasteiger charge is 2.55. The number of nitrogens with zero attached hydrogens (tertiary/aromatic N) is 2. The number of carbonyl (C=O) groups excluding carboxylic acids is 4. The number of likely N-dealkylation sites (tertiary alicyclic amines) is 2. The lowest BCUT2D eigenvalue weighted by atomic mass is 10.1. The number of fused-ring (bicyclic) bond motifs is 1. The van der Waals surface area contributed by atoms with Crippen LogP contribution in [0.4, 0.5) is 15.3 Å². The first-order valence-electron chi connectivity index (χ1n) is 14.6. The summed E-state index contributed by atoms with van der Waals surface area (Å²) < 4.78 is 17.1. The molecule has 6 atom stereocenters. The van der Waals surface area contributed by atoms with Gasteiger partial charge >= 0.3 is 12.2 Å². The number of hydrogen-bond donors (Lipinski definition) is 3. The Balaban J connectivity index is 1.56. The molecule has 234 valence electrons. The summed E-state index contributed by atoms with van der Waals surface area (Å²) in [5.41, 5.74) is 1.36. The van der Waals surface area contributed by atoms with Gasteiger partial charge in [-0.25, -0.2) is 9.59 Å². The minimum absolute atomic E-state index is 0.0197. The summed E-state index contributed by atoms with van der Waals surface area (Å²) in [6.45, 7) is 3.61.